The summed E-state index contributed by atoms with van der Waals surface area (Å²) < 4.78 is 6.23. The Balaban J connectivity index is 2.52. The van der Waals surface area contributed by atoms with Crippen LogP contribution in [0.3, 0.4) is 0 Å². The predicted octanol–water partition coefficient (Wildman–Crippen LogP) is 1.37. The molecule has 2 aromatic rings. The van der Waals surface area contributed by atoms with Gasteiger partial charge in [0.1, 0.15) is 6.26 Å². The molecule has 0 saturated carbocycles. The topological polar surface area (TPSA) is 74.1 Å². The highest BCUT2D eigenvalue weighted by molar-refractivity contribution is 5.43. The molecule has 2 aromatic heterocycles. The molecule has 0 unspecified atom stereocenters. The Kier molecular flexibility index (Phi) is 1.59. The Morgan fingerprint density at radius 3 is 3.08 bits per heavy atom. The van der Waals surface area contributed by atoms with Crippen molar-refractivity contribution in [3.63, 3.8) is 0 Å². The molecule has 0 radical (unpaired) electrons. The Morgan fingerprint density at radius 1 is 1.62 bits per heavy atom. The largest absolute Gasteiger partial charge is 0.441 e. The molecule has 0 amide bonds. The lowest BCUT2D eigenvalue weighted by atomic mass is 10.5. The number of furan rings is 1. The SMILES string of the molecule is O=[N+]([O-])c1ccoc1-n1cccn1. The van der Waals surface area contributed by atoms with Gasteiger partial charge in [-0.15, -0.1) is 0 Å². The second kappa shape index (κ2) is 2.74. The van der Waals surface area contributed by atoms with Crippen molar-refractivity contribution < 1.29 is 9.34 Å². The molecule has 0 aliphatic rings. The number of rotatable bonds is 2. The molecule has 0 aliphatic heterocycles. The van der Waals surface area contributed by atoms with Crippen molar-refractivity contribution in [3.05, 3.63) is 40.9 Å². The number of aromatic nitrogens is 2. The third-order valence-electron chi connectivity index (χ3n) is 1.53. The second-order valence-corrected chi connectivity index (χ2v) is 2.32. The third-order valence-corrected chi connectivity index (χ3v) is 1.53. The Labute approximate surface area is 72.5 Å². The molecule has 0 spiro atoms. The first-order valence-electron chi connectivity index (χ1n) is 3.51. The molecule has 2 rings (SSSR count). The van der Waals surface area contributed by atoms with Gasteiger partial charge in [-0.3, -0.25) is 10.1 Å². The number of hydrogen-bond acceptors (Lipinski definition) is 4. The molecule has 66 valence electrons. The number of hydrogen-bond donors (Lipinski definition) is 0. The van der Waals surface area contributed by atoms with Crippen molar-refractivity contribution in [2.45, 2.75) is 0 Å². The second-order valence-electron chi connectivity index (χ2n) is 2.32. The normalized spacial score (nSPS) is 10.2. The average Bonchev–Trinajstić information content (AvgIpc) is 2.74. The summed E-state index contributed by atoms with van der Waals surface area (Å²) in [6, 6.07) is 2.95. The van der Waals surface area contributed by atoms with Crippen molar-refractivity contribution >= 4 is 5.69 Å². The predicted molar refractivity (Wildman–Crippen MR) is 42.5 cm³/mol. The molecule has 0 aromatic carbocycles. The van der Waals surface area contributed by atoms with Crippen LogP contribution >= 0.6 is 0 Å². The smallest absolute Gasteiger partial charge is 0.334 e. The highest BCUT2D eigenvalue weighted by Crippen LogP contribution is 2.22. The minimum Gasteiger partial charge on any atom is -0.441 e. The summed E-state index contributed by atoms with van der Waals surface area (Å²) in [5.41, 5.74) is -0.0938. The molecule has 0 aliphatic carbocycles. The lowest BCUT2D eigenvalue weighted by Crippen LogP contribution is -1.96. The highest BCUT2D eigenvalue weighted by Gasteiger charge is 2.18. The summed E-state index contributed by atoms with van der Waals surface area (Å²) in [4.78, 5) is 9.97. The molecule has 0 fully saturated rings. The van der Waals surface area contributed by atoms with Crippen LogP contribution in [0.4, 0.5) is 5.69 Å². The van der Waals surface area contributed by atoms with Gasteiger partial charge in [-0.2, -0.15) is 5.10 Å². The van der Waals surface area contributed by atoms with E-state index in [9.17, 15) is 10.1 Å². The molecule has 0 atom stereocenters. The minimum atomic E-state index is -0.513. The summed E-state index contributed by atoms with van der Waals surface area (Å²) in [6.45, 7) is 0. The van der Waals surface area contributed by atoms with Gasteiger partial charge >= 0.3 is 5.69 Å². The van der Waals surface area contributed by atoms with Crippen molar-refractivity contribution in [2.24, 2.45) is 0 Å². The summed E-state index contributed by atoms with van der Waals surface area (Å²) >= 11 is 0. The maximum Gasteiger partial charge on any atom is 0.334 e. The van der Waals surface area contributed by atoms with Crippen molar-refractivity contribution in [3.8, 4) is 5.88 Å². The van der Waals surface area contributed by atoms with Gasteiger partial charge in [-0.25, -0.2) is 4.68 Å². The molecule has 13 heavy (non-hydrogen) atoms. The Hall–Kier alpha value is -2.11. The zero-order valence-corrected chi connectivity index (χ0v) is 6.45. The first-order chi connectivity index (χ1) is 6.29. The third kappa shape index (κ3) is 1.18. The maximum absolute atomic E-state index is 10.5. The summed E-state index contributed by atoms with van der Waals surface area (Å²) in [7, 11) is 0. The van der Waals surface area contributed by atoms with Crippen LogP contribution in [0.25, 0.3) is 5.88 Å². The van der Waals surface area contributed by atoms with Crippen LogP contribution in [0.1, 0.15) is 0 Å². The monoisotopic (exact) mass is 179 g/mol. The van der Waals surface area contributed by atoms with Gasteiger partial charge in [0.15, 0.2) is 0 Å². The van der Waals surface area contributed by atoms with E-state index in [1.165, 1.54) is 23.2 Å². The van der Waals surface area contributed by atoms with Crippen molar-refractivity contribution in [2.75, 3.05) is 0 Å². The van der Waals surface area contributed by atoms with E-state index < -0.39 is 4.92 Å². The van der Waals surface area contributed by atoms with Crippen molar-refractivity contribution in [1.82, 2.24) is 9.78 Å². The molecule has 6 nitrogen and oxygen atoms in total. The molecular weight excluding hydrogens is 174 g/mol. The molecular formula is C7H5N3O3. The first kappa shape index (κ1) is 7.53. The average molecular weight is 179 g/mol. The molecule has 0 bridgehead atoms. The number of nitro groups is 1. The van der Waals surface area contributed by atoms with E-state index in [1.807, 2.05) is 0 Å². The van der Waals surface area contributed by atoms with Gasteiger partial charge in [0.2, 0.25) is 0 Å². The van der Waals surface area contributed by atoms with Gasteiger partial charge in [0.05, 0.1) is 11.0 Å². The maximum atomic E-state index is 10.5. The quantitative estimate of drug-likeness (QED) is 0.515. The molecule has 2 heterocycles. The van der Waals surface area contributed by atoms with Crippen LogP contribution in [0, 0.1) is 10.1 Å². The van der Waals surface area contributed by atoms with Crippen LogP contribution in [0.2, 0.25) is 0 Å². The van der Waals surface area contributed by atoms with Crippen LogP contribution in [0.5, 0.6) is 0 Å². The van der Waals surface area contributed by atoms with Crippen LogP contribution in [-0.2, 0) is 0 Å². The zero-order chi connectivity index (χ0) is 9.26. The standard InChI is InChI=1S/C7H5N3O3/c11-10(12)6-2-5-13-7(6)9-4-1-3-8-9/h1-5H. The van der Waals surface area contributed by atoms with E-state index in [4.69, 9.17) is 4.42 Å². The van der Waals surface area contributed by atoms with Crippen molar-refractivity contribution in [1.29, 1.82) is 0 Å². The molecule has 0 N–H and O–H groups in total. The van der Waals surface area contributed by atoms with Crippen LogP contribution in [0.15, 0.2) is 35.2 Å². The highest BCUT2D eigenvalue weighted by atomic mass is 16.6. The van der Waals surface area contributed by atoms with Gasteiger partial charge in [0.25, 0.3) is 5.88 Å². The fourth-order valence-corrected chi connectivity index (χ4v) is 0.994. The first-order valence-corrected chi connectivity index (χ1v) is 3.51. The molecule has 6 heteroatoms. The van der Waals surface area contributed by atoms with Gasteiger partial charge < -0.3 is 4.42 Å². The van der Waals surface area contributed by atoms with Gasteiger partial charge in [-0.05, 0) is 6.07 Å². The van der Waals surface area contributed by atoms with E-state index in [1.54, 1.807) is 12.3 Å². The summed E-state index contributed by atoms with van der Waals surface area (Å²) in [5.74, 6) is 0.120. The van der Waals surface area contributed by atoms with Crippen LogP contribution in [-0.4, -0.2) is 14.7 Å². The Bertz CT molecular complexity index is 418. The van der Waals surface area contributed by atoms with E-state index in [0.29, 0.717) is 0 Å². The van der Waals surface area contributed by atoms with Gasteiger partial charge in [-0.1, -0.05) is 0 Å². The van der Waals surface area contributed by atoms with E-state index in [2.05, 4.69) is 5.10 Å². The summed E-state index contributed by atoms with van der Waals surface area (Å²) in [5, 5.41) is 14.3. The lowest BCUT2D eigenvalue weighted by molar-refractivity contribution is -0.385. The van der Waals surface area contributed by atoms with Crippen LogP contribution < -0.4 is 0 Å². The minimum absolute atomic E-state index is 0.0938. The Morgan fingerprint density at radius 2 is 2.46 bits per heavy atom. The van der Waals surface area contributed by atoms with E-state index >= 15 is 0 Å². The molecule has 0 saturated heterocycles. The lowest BCUT2D eigenvalue weighted by Gasteiger charge is -1.93. The number of nitrogens with zero attached hydrogens (tertiary/aromatic N) is 3. The zero-order valence-electron chi connectivity index (χ0n) is 6.45. The summed E-state index contributed by atoms with van der Waals surface area (Å²) in [6.07, 6.45) is 4.35. The van der Waals surface area contributed by atoms with E-state index in [-0.39, 0.29) is 11.6 Å². The fourth-order valence-electron chi connectivity index (χ4n) is 0.994. The van der Waals surface area contributed by atoms with E-state index in [0.717, 1.165) is 0 Å². The van der Waals surface area contributed by atoms with Gasteiger partial charge in [0, 0.05) is 12.4 Å². The fraction of sp³-hybridized carbons (Fsp3) is 0.